The molecule has 0 nitrogen and oxygen atoms in total. The Bertz CT molecular complexity index is 515. The predicted molar refractivity (Wildman–Crippen MR) is 77.7 cm³/mol. The Balaban J connectivity index is 2.00. The van der Waals surface area contributed by atoms with Crippen LogP contribution in [0.2, 0.25) is 0 Å². The van der Waals surface area contributed by atoms with Gasteiger partial charge in [0.25, 0.3) is 0 Å². The molecule has 2 aromatic rings. The summed E-state index contributed by atoms with van der Waals surface area (Å²) in [7, 11) is 0. The van der Waals surface area contributed by atoms with E-state index in [-0.39, 0.29) is 0 Å². The largest absolute Gasteiger partial charge is 0.0922 e. The first-order valence-electron chi connectivity index (χ1n) is 6.36. The molecule has 1 aliphatic rings. The highest BCUT2D eigenvalue weighted by Gasteiger charge is 2.36. The highest BCUT2D eigenvalue weighted by Crippen LogP contribution is 2.45. The molecule has 0 aliphatic heterocycles. The Kier molecular flexibility index (Phi) is 2.96. The third-order valence-corrected chi connectivity index (χ3v) is 5.33. The van der Waals surface area contributed by atoms with Crippen molar-refractivity contribution < 1.29 is 0 Å². The summed E-state index contributed by atoms with van der Waals surface area (Å²) < 4.78 is 0. The standard InChI is InChI=1S/C16H17Br/c17-12-16(9-4-10-16)11-14-7-3-6-13-5-1-2-8-15(13)14/h1-3,5-8H,4,9-12H2. The average molecular weight is 289 g/mol. The molecule has 0 unspecified atom stereocenters. The van der Waals surface area contributed by atoms with Crippen molar-refractivity contribution in [2.24, 2.45) is 5.41 Å². The van der Waals surface area contributed by atoms with Crippen LogP contribution in [-0.2, 0) is 6.42 Å². The summed E-state index contributed by atoms with van der Waals surface area (Å²) in [5.41, 5.74) is 2.05. The van der Waals surface area contributed by atoms with E-state index in [2.05, 4.69) is 58.4 Å². The Hall–Kier alpha value is -0.820. The highest BCUT2D eigenvalue weighted by molar-refractivity contribution is 9.09. The maximum atomic E-state index is 3.70. The van der Waals surface area contributed by atoms with Crippen molar-refractivity contribution in [2.75, 3.05) is 5.33 Å². The van der Waals surface area contributed by atoms with Gasteiger partial charge in [-0.25, -0.2) is 0 Å². The first kappa shape index (κ1) is 11.3. The number of hydrogen-bond donors (Lipinski definition) is 0. The van der Waals surface area contributed by atoms with E-state index in [0.29, 0.717) is 5.41 Å². The molecular weight excluding hydrogens is 272 g/mol. The van der Waals surface area contributed by atoms with Gasteiger partial charge in [0, 0.05) is 5.33 Å². The van der Waals surface area contributed by atoms with Gasteiger partial charge in [0.05, 0.1) is 0 Å². The Morgan fingerprint density at radius 2 is 1.76 bits per heavy atom. The second-order valence-electron chi connectivity index (χ2n) is 5.30. The van der Waals surface area contributed by atoms with Crippen LogP contribution < -0.4 is 0 Å². The minimum absolute atomic E-state index is 0.532. The van der Waals surface area contributed by atoms with Gasteiger partial charge < -0.3 is 0 Å². The quantitative estimate of drug-likeness (QED) is 0.701. The molecule has 1 heteroatoms. The molecular formula is C16H17Br. The van der Waals surface area contributed by atoms with Crippen LogP contribution in [0.3, 0.4) is 0 Å². The van der Waals surface area contributed by atoms with E-state index in [4.69, 9.17) is 0 Å². The Morgan fingerprint density at radius 3 is 2.47 bits per heavy atom. The SMILES string of the molecule is BrCC1(Cc2cccc3ccccc23)CCC1. The van der Waals surface area contributed by atoms with E-state index in [1.54, 1.807) is 0 Å². The zero-order valence-electron chi connectivity index (χ0n) is 9.95. The van der Waals surface area contributed by atoms with E-state index in [1.165, 1.54) is 42.0 Å². The van der Waals surface area contributed by atoms with E-state index < -0.39 is 0 Å². The zero-order valence-corrected chi connectivity index (χ0v) is 11.5. The monoisotopic (exact) mass is 288 g/mol. The smallest absolute Gasteiger partial charge is 0.00911 e. The molecule has 0 heterocycles. The average Bonchev–Trinajstić information content (AvgIpc) is 2.34. The summed E-state index contributed by atoms with van der Waals surface area (Å²) >= 11 is 3.70. The van der Waals surface area contributed by atoms with Crippen LogP contribution in [0.25, 0.3) is 10.8 Å². The molecule has 2 aromatic carbocycles. The summed E-state index contributed by atoms with van der Waals surface area (Å²) in [6.07, 6.45) is 5.37. The Labute approximate surface area is 111 Å². The third-order valence-electron chi connectivity index (χ3n) is 4.14. The number of fused-ring (bicyclic) bond motifs is 1. The molecule has 0 radical (unpaired) electrons. The van der Waals surface area contributed by atoms with Gasteiger partial charge in [-0.3, -0.25) is 0 Å². The molecule has 17 heavy (non-hydrogen) atoms. The molecule has 1 fully saturated rings. The van der Waals surface area contributed by atoms with Crippen molar-refractivity contribution in [1.82, 2.24) is 0 Å². The first-order chi connectivity index (χ1) is 8.33. The lowest BCUT2D eigenvalue weighted by Gasteiger charge is -2.41. The van der Waals surface area contributed by atoms with Gasteiger partial charge in [0.2, 0.25) is 0 Å². The molecule has 0 bridgehead atoms. The summed E-state index contributed by atoms with van der Waals surface area (Å²) in [6.45, 7) is 0. The number of alkyl halides is 1. The van der Waals surface area contributed by atoms with Gasteiger partial charge in [0.15, 0.2) is 0 Å². The second kappa shape index (κ2) is 4.45. The highest BCUT2D eigenvalue weighted by atomic mass is 79.9. The molecule has 88 valence electrons. The maximum absolute atomic E-state index is 3.70. The molecule has 0 spiro atoms. The molecule has 0 amide bonds. The molecule has 0 aromatic heterocycles. The first-order valence-corrected chi connectivity index (χ1v) is 7.48. The minimum Gasteiger partial charge on any atom is -0.0922 e. The number of benzene rings is 2. The van der Waals surface area contributed by atoms with Gasteiger partial charge in [-0.2, -0.15) is 0 Å². The summed E-state index contributed by atoms with van der Waals surface area (Å²) in [5.74, 6) is 0. The number of hydrogen-bond acceptors (Lipinski definition) is 0. The van der Waals surface area contributed by atoms with Gasteiger partial charge in [-0.1, -0.05) is 64.8 Å². The van der Waals surface area contributed by atoms with Crippen LogP contribution in [0.1, 0.15) is 24.8 Å². The van der Waals surface area contributed by atoms with Gasteiger partial charge >= 0.3 is 0 Å². The van der Waals surface area contributed by atoms with Crippen molar-refractivity contribution in [2.45, 2.75) is 25.7 Å². The lowest BCUT2D eigenvalue weighted by Crippen LogP contribution is -2.33. The Morgan fingerprint density at radius 1 is 1.00 bits per heavy atom. The second-order valence-corrected chi connectivity index (χ2v) is 5.86. The maximum Gasteiger partial charge on any atom is 0.00911 e. The number of rotatable bonds is 3. The lowest BCUT2D eigenvalue weighted by atomic mass is 9.66. The molecule has 0 saturated heterocycles. The topological polar surface area (TPSA) is 0 Å². The van der Waals surface area contributed by atoms with Crippen molar-refractivity contribution in [3.8, 4) is 0 Å². The van der Waals surface area contributed by atoms with Gasteiger partial charge in [0.1, 0.15) is 0 Å². The van der Waals surface area contributed by atoms with E-state index in [1.807, 2.05) is 0 Å². The summed E-state index contributed by atoms with van der Waals surface area (Å²) in [4.78, 5) is 0. The third kappa shape index (κ3) is 2.01. The van der Waals surface area contributed by atoms with Crippen molar-refractivity contribution in [3.05, 3.63) is 48.0 Å². The molecule has 1 saturated carbocycles. The normalized spacial score (nSPS) is 17.9. The van der Waals surface area contributed by atoms with Crippen LogP contribution in [-0.4, -0.2) is 5.33 Å². The van der Waals surface area contributed by atoms with Crippen molar-refractivity contribution in [1.29, 1.82) is 0 Å². The summed E-state index contributed by atoms with van der Waals surface area (Å²) in [6, 6.07) is 15.4. The minimum atomic E-state index is 0.532. The van der Waals surface area contributed by atoms with Crippen LogP contribution >= 0.6 is 15.9 Å². The van der Waals surface area contributed by atoms with Crippen LogP contribution in [0, 0.1) is 5.41 Å². The summed E-state index contributed by atoms with van der Waals surface area (Å²) in [5, 5.41) is 3.94. The van der Waals surface area contributed by atoms with E-state index in [0.717, 1.165) is 5.33 Å². The molecule has 1 aliphatic carbocycles. The van der Waals surface area contributed by atoms with E-state index >= 15 is 0 Å². The van der Waals surface area contributed by atoms with Crippen molar-refractivity contribution in [3.63, 3.8) is 0 Å². The van der Waals surface area contributed by atoms with Crippen LogP contribution in [0.15, 0.2) is 42.5 Å². The molecule has 0 atom stereocenters. The molecule has 3 rings (SSSR count). The van der Waals surface area contributed by atoms with Crippen molar-refractivity contribution >= 4 is 26.7 Å². The van der Waals surface area contributed by atoms with Gasteiger partial charge in [-0.15, -0.1) is 0 Å². The molecule has 0 N–H and O–H groups in total. The zero-order chi connectivity index (χ0) is 11.7. The fraction of sp³-hybridized carbons (Fsp3) is 0.375. The fourth-order valence-corrected chi connectivity index (χ4v) is 3.64. The van der Waals surface area contributed by atoms with Crippen LogP contribution in [0.5, 0.6) is 0 Å². The predicted octanol–water partition coefficient (Wildman–Crippen LogP) is 4.95. The van der Waals surface area contributed by atoms with Crippen LogP contribution in [0.4, 0.5) is 0 Å². The lowest BCUT2D eigenvalue weighted by molar-refractivity contribution is 0.170. The number of halogens is 1. The van der Waals surface area contributed by atoms with Gasteiger partial charge in [-0.05, 0) is 41.0 Å². The van der Waals surface area contributed by atoms with E-state index in [9.17, 15) is 0 Å². The fourth-order valence-electron chi connectivity index (χ4n) is 2.89.